The Morgan fingerprint density at radius 1 is 1.39 bits per heavy atom. The molecule has 0 amide bonds. The fourth-order valence-electron chi connectivity index (χ4n) is 1.86. The number of aromatic nitrogens is 4. The van der Waals surface area contributed by atoms with Crippen molar-refractivity contribution < 1.29 is 0 Å². The van der Waals surface area contributed by atoms with Crippen LogP contribution in [0.15, 0.2) is 30.0 Å². The molecule has 3 aromatic heterocycles. The lowest BCUT2D eigenvalue weighted by Crippen LogP contribution is -2.09. The number of hydrogen-bond donors (Lipinski definition) is 1. The molecule has 5 nitrogen and oxygen atoms in total. The van der Waals surface area contributed by atoms with Crippen LogP contribution >= 0.6 is 11.3 Å². The van der Waals surface area contributed by atoms with E-state index in [4.69, 9.17) is 0 Å². The quantitative estimate of drug-likeness (QED) is 0.779. The minimum Gasteiger partial charge on any atom is -0.369 e. The van der Waals surface area contributed by atoms with E-state index in [0.29, 0.717) is 0 Å². The van der Waals surface area contributed by atoms with Crippen LogP contribution in [0.2, 0.25) is 0 Å². The summed E-state index contributed by atoms with van der Waals surface area (Å²) >= 11 is 1.73. The van der Waals surface area contributed by atoms with Gasteiger partial charge in [0.25, 0.3) is 0 Å². The van der Waals surface area contributed by atoms with Crippen molar-refractivity contribution in [1.29, 1.82) is 0 Å². The molecule has 0 aliphatic heterocycles. The Kier molecular flexibility index (Phi) is 2.93. The molecule has 6 heteroatoms. The molecule has 0 atom stereocenters. The Bertz CT molecular complexity index is 657. The molecule has 0 bridgehead atoms. The SMILES string of the molecule is Cn1cnnc1CCNc1nccc2sccc12. The fourth-order valence-corrected chi connectivity index (χ4v) is 2.64. The van der Waals surface area contributed by atoms with E-state index in [1.54, 1.807) is 17.7 Å². The first-order valence-electron chi connectivity index (χ1n) is 5.73. The molecule has 92 valence electrons. The van der Waals surface area contributed by atoms with Crippen molar-refractivity contribution in [2.45, 2.75) is 6.42 Å². The van der Waals surface area contributed by atoms with E-state index in [9.17, 15) is 0 Å². The molecule has 3 aromatic rings. The van der Waals surface area contributed by atoms with E-state index in [-0.39, 0.29) is 0 Å². The van der Waals surface area contributed by atoms with E-state index >= 15 is 0 Å². The Balaban J connectivity index is 1.70. The lowest BCUT2D eigenvalue weighted by Gasteiger charge is -2.06. The number of pyridine rings is 1. The lowest BCUT2D eigenvalue weighted by atomic mass is 10.3. The number of nitrogens with zero attached hydrogens (tertiary/aromatic N) is 4. The van der Waals surface area contributed by atoms with Gasteiger partial charge in [-0.3, -0.25) is 0 Å². The van der Waals surface area contributed by atoms with Gasteiger partial charge < -0.3 is 9.88 Å². The van der Waals surface area contributed by atoms with E-state index in [0.717, 1.165) is 24.6 Å². The predicted octanol–water partition coefficient (Wildman–Crippen LogP) is 2.08. The van der Waals surface area contributed by atoms with Crippen LogP contribution in [0.1, 0.15) is 5.82 Å². The first-order chi connectivity index (χ1) is 8.84. The van der Waals surface area contributed by atoms with Crippen LogP contribution in [-0.4, -0.2) is 26.3 Å². The zero-order chi connectivity index (χ0) is 12.4. The van der Waals surface area contributed by atoms with Crippen LogP contribution in [0.3, 0.4) is 0 Å². The minimum absolute atomic E-state index is 0.800. The second-order valence-electron chi connectivity index (χ2n) is 4.03. The molecule has 0 aliphatic carbocycles. The van der Waals surface area contributed by atoms with Gasteiger partial charge in [-0.2, -0.15) is 0 Å². The summed E-state index contributed by atoms with van der Waals surface area (Å²) in [5.41, 5.74) is 0. The number of anilines is 1. The van der Waals surface area contributed by atoms with Crippen molar-refractivity contribution in [3.05, 3.63) is 35.9 Å². The van der Waals surface area contributed by atoms with E-state index in [1.807, 2.05) is 23.9 Å². The highest BCUT2D eigenvalue weighted by Crippen LogP contribution is 2.25. The van der Waals surface area contributed by atoms with Crippen molar-refractivity contribution >= 4 is 27.2 Å². The zero-order valence-corrected chi connectivity index (χ0v) is 10.8. The first kappa shape index (κ1) is 11.2. The molecule has 3 rings (SSSR count). The average molecular weight is 259 g/mol. The third kappa shape index (κ3) is 2.06. The Morgan fingerprint density at radius 2 is 2.33 bits per heavy atom. The molecular weight excluding hydrogens is 246 g/mol. The molecule has 0 unspecified atom stereocenters. The number of rotatable bonds is 4. The second-order valence-corrected chi connectivity index (χ2v) is 4.97. The maximum atomic E-state index is 4.37. The van der Waals surface area contributed by atoms with Gasteiger partial charge in [0.15, 0.2) is 0 Å². The van der Waals surface area contributed by atoms with Crippen molar-refractivity contribution in [3.8, 4) is 0 Å². The van der Waals surface area contributed by atoms with E-state index in [2.05, 4.69) is 31.9 Å². The minimum atomic E-state index is 0.800. The molecule has 0 radical (unpaired) electrons. The number of hydrogen-bond acceptors (Lipinski definition) is 5. The van der Waals surface area contributed by atoms with Crippen LogP contribution in [0, 0.1) is 0 Å². The number of aryl methyl sites for hydroxylation is 1. The van der Waals surface area contributed by atoms with Crippen molar-refractivity contribution in [2.24, 2.45) is 7.05 Å². The van der Waals surface area contributed by atoms with Gasteiger partial charge in [-0.1, -0.05) is 0 Å². The number of fused-ring (bicyclic) bond motifs is 1. The van der Waals surface area contributed by atoms with Gasteiger partial charge in [-0.15, -0.1) is 21.5 Å². The van der Waals surface area contributed by atoms with Gasteiger partial charge >= 0.3 is 0 Å². The topological polar surface area (TPSA) is 55.6 Å². The maximum Gasteiger partial charge on any atom is 0.134 e. The van der Waals surface area contributed by atoms with Crippen molar-refractivity contribution in [2.75, 3.05) is 11.9 Å². The van der Waals surface area contributed by atoms with Crippen molar-refractivity contribution in [3.63, 3.8) is 0 Å². The highest BCUT2D eigenvalue weighted by molar-refractivity contribution is 7.17. The monoisotopic (exact) mass is 259 g/mol. The molecule has 0 saturated carbocycles. The molecule has 3 heterocycles. The first-order valence-corrected chi connectivity index (χ1v) is 6.61. The zero-order valence-electron chi connectivity index (χ0n) is 10.00. The van der Waals surface area contributed by atoms with E-state index < -0.39 is 0 Å². The van der Waals surface area contributed by atoms with Crippen LogP contribution < -0.4 is 5.32 Å². The Morgan fingerprint density at radius 3 is 3.17 bits per heavy atom. The summed E-state index contributed by atoms with van der Waals surface area (Å²) in [6.45, 7) is 0.800. The third-order valence-electron chi connectivity index (χ3n) is 2.83. The largest absolute Gasteiger partial charge is 0.369 e. The standard InChI is InChI=1S/C12H13N5S/c1-17-8-15-16-11(17)3-6-14-12-9-4-7-18-10(9)2-5-13-12/h2,4-5,7-8H,3,6H2,1H3,(H,13,14). The van der Waals surface area contributed by atoms with Crippen molar-refractivity contribution in [1.82, 2.24) is 19.7 Å². The third-order valence-corrected chi connectivity index (χ3v) is 3.71. The summed E-state index contributed by atoms with van der Waals surface area (Å²) in [5.74, 6) is 1.91. The Hall–Kier alpha value is -1.95. The van der Waals surface area contributed by atoms with Crippen LogP contribution in [0.25, 0.3) is 10.1 Å². The lowest BCUT2D eigenvalue weighted by molar-refractivity contribution is 0.788. The summed E-state index contributed by atoms with van der Waals surface area (Å²) in [6.07, 6.45) is 4.38. The summed E-state index contributed by atoms with van der Waals surface area (Å²) < 4.78 is 3.19. The highest BCUT2D eigenvalue weighted by atomic mass is 32.1. The van der Waals surface area contributed by atoms with Gasteiger partial charge in [-0.25, -0.2) is 4.98 Å². The molecule has 0 aromatic carbocycles. The summed E-state index contributed by atoms with van der Waals surface area (Å²) in [4.78, 5) is 4.37. The summed E-state index contributed by atoms with van der Waals surface area (Å²) in [6, 6.07) is 4.13. The Labute approximate surface area is 109 Å². The molecule has 0 spiro atoms. The van der Waals surface area contributed by atoms with Gasteiger partial charge in [0.1, 0.15) is 18.0 Å². The molecule has 0 fully saturated rings. The molecule has 1 N–H and O–H groups in total. The van der Waals surface area contributed by atoms with Crippen LogP contribution in [0.5, 0.6) is 0 Å². The molecular formula is C12H13N5S. The summed E-state index contributed by atoms with van der Waals surface area (Å²) in [7, 11) is 1.95. The second kappa shape index (κ2) is 4.73. The highest BCUT2D eigenvalue weighted by Gasteiger charge is 2.04. The molecule has 0 saturated heterocycles. The molecule has 18 heavy (non-hydrogen) atoms. The van der Waals surface area contributed by atoms with Gasteiger partial charge in [0.05, 0.1) is 0 Å². The fraction of sp³-hybridized carbons (Fsp3) is 0.250. The average Bonchev–Trinajstić information content (AvgIpc) is 2.99. The van der Waals surface area contributed by atoms with Gasteiger partial charge in [0.2, 0.25) is 0 Å². The normalized spacial score (nSPS) is 10.9. The maximum absolute atomic E-state index is 4.37. The number of nitrogens with one attached hydrogen (secondary N) is 1. The molecule has 0 aliphatic rings. The van der Waals surface area contributed by atoms with Crippen LogP contribution in [0.4, 0.5) is 5.82 Å². The predicted molar refractivity (Wildman–Crippen MR) is 72.8 cm³/mol. The van der Waals surface area contributed by atoms with Gasteiger partial charge in [-0.05, 0) is 17.5 Å². The summed E-state index contributed by atoms with van der Waals surface area (Å²) in [5, 5.41) is 14.5. The number of thiophene rings is 1. The van der Waals surface area contributed by atoms with Crippen LogP contribution in [-0.2, 0) is 13.5 Å². The van der Waals surface area contributed by atoms with Gasteiger partial charge in [0, 0.05) is 36.3 Å². The smallest absolute Gasteiger partial charge is 0.134 e. The van der Waals surface area contributed by atoms with E-state index in [1.165, 1.54) is 10.1 Å².